The Morgan fingerprint density at radius 2 is 1.70 bits per heavy atom. The van der Waals surface area contributed by atoms with E-state index in [2.05, 4.69) is 15.5 Å². The molecule has 2 heterocycles. The number of esters is 1. The number of ether oxygens (including phenoxy) is 1. The monoisotopic (exact) mass is 460 g/mol. The molecule has 2 N–H and O–H groups in total. The first-order chi connectivity index (χ1) is 13.7. The van der Waals surface area contributed by atoms with Crippen LogP contribution in [0.3, 0.4) is 0 Å². The van der Waals surface area contributed by atoms with E-state index < -0.39 is 0 Å². The van der Waals surface area contributed by atoms with Crippen molar-refractivity contribution >= 4 is 42.4 Å². The lowest BCUT2D eigenvalue weighted by Crippen LogP contribution is -2.53. The molecule has 1 aromatic rings. The molecule has 0 bridgehead atoms. The molecule has 2 saturated heterocycles. The molecule has 0 saturated carbocycles. The number of piperazine rings is 1. The van der Waals surface area contributed by atoms with Crippen molar-refractivity contribution in [2.45, 2.75) is 32.2 Å². The molecule has 7 nitrogen and oxygen atoms in total. The van der Waals surface area contributed by atoms with Gasteiger partial charge in [-0.2, -0.15) is 0 Å². The van der Waals surface area contributed by atoms with Gasteiger partial charge in [0.2, 0.25) is 0 Å². The Bertz CT molecular complexity index is 646. The first-order valence-electron chi connectivity index (χ1n) is 10.4. The average molecular weight is 461 g/mol. The SMILES string of the molecule is CCOC(=O)CCNc1ccc(C(=O)N2CCN(C3CCNCC3)CC2)cc1.Cl.Cl. The Labute approximate surface area is 191 Å². The normalized spacial score (nSPS) is 17.4. The molecule has 1 amide bonds. The summed E-state index contributed by atoms with van der Waals surface area (Å²) in [5.41, 5.74) is 1.61. The molecule has 3 rings (SSSR count). The molecule has 0 atom stereocenters. The summed E-state index contributed by atoms with van der Waals surface area (Å²) in [5.74, 6) is -0.103. The molecule has 1 aromatic carbocycles. The second kappa shape index (κ2) is 13.7. The van der Waals surface area contributed by atoms with Gasteiger partial charge in [0.15, 0.2) is 0 Å². The van der Waals surface area contributed by atoms with Crippen LogP contribution < -0.4 is 10.6 Å². The van der Waals surface area contributed by atoms with Gasteiger partial charge >= 0.3 is 5.97 Å². The van der Waals surface area contributed by atoms with Crippen LogP contribution in [-0.2, 0) is 9.53 Å². The van der Waals surface area contributed by atoms with Gasteiger partial charge in [-0.1, -0.05) is 0 Å². The van der Waals surface area contributed by atoms with Gasteiger partial charge in [0.1, 0.15) is 0 Å². The summed E-state index contributed by atoms with van der Waals surface area (Å²) in [5, 5.41) is 6.60. The topological polar surface area (TPSA) is 73.9 Å². The minimum atomic E-state index is -0.203. The Morgan fingerprint density at radius 1 is 1.07 bits per heavy atom. The van der Waals surface area contributed by atoms with Gasteiger partial charge in [-0.3, -0.25) is 14.5 Å². The largest absolute Gasteiger partial charge is 0.466 e. The second-order valence-electron chi connectivity index (χ2n) is 7.37. The van der Waals surface area contributed by atoms with Crippen LogP contribution in [0, 0.1) is 0 Å². The fraction of sp³-hybridized carbons (Fsp3) is 0.619. The average Bonchev–Trinajstić information content (AvgIpc) is 2.75. The van der Waals surface area contributed by atoms with Gasteiger partial charge in [-0.05, 0) is 57.1 Å². The molecule has 0 aliphatic carbocycles. The van der Waals surface area contributed by atoms with E-state index in [0.717, 1.165) is 45.0 Å². The molecular weight excluding hydrogens is 427 g/mol. The molecule has 2 aliphatic rings. The maximum Gasteiger partial charge on any atom is 0.307 e. The quantitative estimate of drug-likeness (QED) is 0.608. The number of amides is 1. The number of piperidine rings is 1. The highest BCUT2D eigenvalue weighted by Gasteiger charge is 2.27. The van der Waals surface area contributed by atoms with Gasteiger partial charge in [0.05, 0.1) is 13.0 Å². The lowest BCUT2D eigenvalue weighted by Gasteiger charge is -2.40. The smallest absolute Gasteiger partial charge is 0.307 e. The molecule has 0 spiro atoms. The number of carbonyl (C=O) groups is 2. The zero-order valence-electron chi connectivity index (χ0n) is 17.6. The number of halogens is 2. The van der Waals surface area contributed by atoms with Crippen molar-refractivity contribution in [3.8, 4) is 0 Å². The molecular formula is C21H34Cl2N4O3. The highest BCUT2D eigenvalue weighted by Crippen LogP contribution is 2.17. The molecule has 170 valence electrons. The minimum Gasteiger partial charge on any atom is -0.466 e. The van der Waals surface area contributed by atoms with Crippen molar-refractivity contribution in [1.82, 2.24) is 15.1 Å². The third kappa shape index (κ3) is 7.61. The molecule has 0 radical (unpaired) electrons. The maximum absolute atomic E-state index is 12.8. The number of carbonyl (C=O) groups excluding carboxylic acids is 2. The molecule has 30 heavy (non-hydrogen) atoms. The molecule has 9 heteroatoms. The lowest BCUT2D eigenvalue weighted by molar-refractivity contribution is -0.142. The van der Waals surface area contributed by atoms with Crippen molar-refractivity contribution in [3.63, 3.8) is 0 Å². The van der Waals surface area contributed by atoms with Crippen molar-refractivity contribution in [2.24, 2.45) is 0 Å². The third-order valence-corrected chi connectivity index (χ3v) is 5.52. The summed E-state index contributed by atoms with van der Waals surface area (Å²) in [7, 11) is 0. The van der Waals surface area contributed by atoms with E-state index in [1.54, 1.807) is 6.92 Å². The summed E-state index contributed by atoms with van der Waals surface area (Å²) in [6.45, 7) is 8.44. The Hall–Kier alpha value is -1.54. The first-order valence-corrected chi connectivity index (χ1v) is 10.4. The van der Waals surface area contributed by atoms with Crippen molar-refractivity contribution < 1.29 is 14.3 Å². The standard InChI is InChI=1S/C21H32N4O3.2ClH/c1-2-28-20(26)9-12-23-18-5-3-17(4-6-18)21(27)25-15-13-24(14-16-25)19-7-10-22-11-8-19;;/h3-6,19,22-23H,2,7-16H2,1H3;2*1H. The van der Waals surface area contributed by atoms with Crippen molar-refractivity contribution in [3.05, 3.63) is 29.8 Å². The number of nitrogens with one attached hydrogen (secondary N) is 2. The van der Waals surface area contributed by atoms with Crippen molar-refractivity contribution in [2.75, 3.05) is 57.7 Å². The Kier molecular flexibility index (Phi) is 12.1. The molecule has 0 unspecified atom stereocenters. The fourth-order valence-corrected chi connectivity index (χ4v) is 3.92. The molecule has 0 aromatic heterocycles. The van der Waals surface area contributed by atoms with Crippen LogP contribution in [0.25, 0.3) is 0 Å². The van der Waals surface area contributed by atoms with Crippen molar-refractivity contribution in [1.29, 1.82) is 0 Å². The minimum absolute atomic E-state index is 0. The highest BCUT2D eigenvalue weighted by atomic mass is 35.5. The van der Waals surface area contributed by atoms with E-state index in [0.29, 0.717) is 31.2 Å². The maximum atomic E-state index is 12.8. The van der Waals surface area contributed by atoms with Crippen LogP contribution >= 0.6 is 24.8 Å². The first kappa shape index (κ1) is 26.5. The van der Waals surface area contributed by atoms with Crippen LogP contribution in [0.15, 0.2) is 24.3 Å². The van der Waals surface area contributed by atoms with Crippen LogP contribution in [0.2, 0.25) is 0 Å². The predicted molar refractivity (Wildman–Crippen MR) is 124 cm³/mol. The van der Waals surface area contributed by atoms with Crippen LogP contribution in [-0.4, -0.2) is 80.1 Å². The number of anilines is 1. The highest BCUT2D eigenvalue weighted by molar-refractivity contribution is 5.94. The zero-order valence-corrected chi connectivity index (χ0v) is 19.2. The summed E-state index contributed by atoms with van der Waals surface area (Å²) in [6.07, 6.45) is 2.74. The van der Waals surface area contributed by atoms with Crippen LogP contribution in [0.5, 0.6) is 0 Å². The van der Waals surface area contributed by atoms with Crippen LogP contribution in [0.1, 0.15) is 36.5 Å². The zero-order chi connectivity index (χ0) is 19.8. The summed E-state index contributed by atoms with van der Waals surface area (Å²) < 4.78 is 4.91. The number of hydrogen-bond acceptors (Lipinski definition) is 6. The van der Waals surface area contributed by atoms with E-state index in [1.165, 1.54) is 12.8 Å². The third-order valence-electron chi connectivity index (χ3n) is 5.52. The van der Waals surface area contributed by atoms with E-state index in [4.69, 9.17) is 4.74 Å². The van der Waals surface area contributed by atoms with Gasteiger partial charge in [0.25, 0.3) is 5.91 Å². The Balaban J connectivity index is 0.00000225. The lowest BCUT2D eigenvalue weighted by atomic mass is 10.0. The van der Waals surface area contributed by atoms with Gasteiger partial charge in [-0.15, -0.1) is 24.8 Å². The van der Waals surface area contributed by atoms with Gasteiger partial charge in [-0.25, -0.2) is 0 Å². The summed E-state index contributed by atoms with van der Waals surface area (Å²) >= 11 is 0. The van der Waals surface area contributed by atoms with E-state index in [-0.39, 0.29) is 36.7 Å². The number of benzene rings is 1. The van der Waals surface area contributed by atoms with Gasteiger partial charge in [0, 0.05) is 50.0 Å². The number of rotatable bonds is 7. The van der Waals surface area contributed by atoms with Gasteiger partial charge < -0.3 is 20.3 Å². The Morgan fingerprint density at radius 3 is 2.30 bits per heavy atom. The van der Waals surface area contributed by atoms with Crippen LogP contribution in [0.4, 0.5) is 5.69 Å². The molecule has 2 fully saturated rings. The predicted octanol–water partition coefficient (Wildman–Crippen LogP) is 2.41. The fourth-order valence-electron chi connectivity index (χ4n) is 3.92. The molecule has 2 aliphatic heterocycles. The second-order valence-corrected chi connectivity index (χ2v) is 7.37. The van der Waals surface area contributed by atoms with E-state index >= 15 is 0 Å². The number of hydrogen-bond donors (Lipinski definition) is 2. The summed E-state index contributed by atoms with van der Waals surface area (Å²) in [4.78, 5) is 28.6. The van der Waals surface area contributed by atoms with E-state index in [1.807, 2.05) is 29.2 Å². The summed E-state index contributed by atoms with van der Waals surface area (Å²) in [6, 6.07) is 8.16. The van der Waals surface area contributed by atoms with E-state index in [9.17, 15) is 9.59 Å². The number of nitrogens with zero attached hydrogens (tertiary/aromatic N) is 2.